The molecule has 5 atom stereocenters. The molecule has 152 valence electrons. The maximum Gasteiger partial charge on any atom is 0.200 e. The highest BCUT2D eigenvalue weighted by atomic mass is 19.2. The number of ether oxygens (including phenoxy) is 1. The molecule has 2 aliphatic rings. The summed E-state index contributed by atoms with van der Waals surface area (Å²) in [4.78, 5) is 0. The third kappa shape index (κ3) is 3.56. The van der Waals surface area contributed by atoms with E-state index in [9.17, 15) is 13.2 Å². The van der Waals surface area contributed by atoms with Crippen molar-refractivity contribution in [1.82, 2.24) is 0 Å². The molecule has 3 rings (SSSR count). The first-order chi connectivity index (χ1) is 12.7. The van der Waals surface area contributed by atoms with Crippen molar-refractivity contribution in [3.05, 3.63) is 29.3 Å². The predicted octanol–water partition coefficient (Wildman–Crippen LogP) is 6.60. The van der Waals surface area contributed by atoms with E-state index in [4.69, 9.17) is 4.74 Å². The molecule has 5 unspecified atom stereocenters. The minimum absolute atomic E-state index is 0.00456. The van der Waals surface area contributed by atoms with E-state index in [0.29, 0.717) is 0 Å². The summed E-state index contributed by atoms with van der Waals surface area (Å²) in [6, 6.07) is 2.53. The Bertz CT molecular complexity index is 681. The minimum atomic E-state index is -2.23. The molecule has 0 spiro atoms. The van der Waals surface area contributed by atoms with E-state index in [1.54, 1.807) is 6.92 Å². The molecule has 1 nitrogen and oxygen atoms in total. The van der Waals surface area contributed by atoms with Crippen molar-refractivity contribution in [2.24, 2.45) is 5.92 Å². The highest BCUT2D eigenvalue weighted by Gasteiger charge is 2.62. The van der Waals surface area contributed by atoms with Crippen LogP contribution in [0.25, 0.3) is 0 Å². The van der Waals surface area contributed by atoms with Crippen LogP contribution in [-0.4, -0.2) is 24.1 Å². The SMILES string of the molecule is CCCC1CC2(F)CCC(c3ccc(OCC)c(F)c3F)C(F)CC2(F)C1. The molecular formula is C21H27F5O. The molecule has 0 aromatic heterocycles. The van der Waals surface area contributed by atoms with Crippen molar-refractivity contribution < 1.29 is 26.7 Å². The fourth-order valence-corrected chi connectivity index (χ4v) is 5.02. The number of hydrogen-bond donors (Lipinski definition) is 0. The lowest BCUT2D eigenvalue weighted by molar-refractivity contribution is -0.0287. The van der Waals surface area contributed by atoms with Gasteiger partial charge >= 0.3 is 0 Å². The molecule has 2 saturated carbocycles. The fourth-order valence-electron chi connectivity index (χ4n) is 5.02. The molecule has 27 heavy (non-hydrogen) atoms. The zero-order chi connectivity index (χ0) is 19.8. The molecule has 1 aromatic carbocycles. The van der Waals surface area contributed by atoms with E-state index in [1.807, 2.05) is 6.92 Å². The maximum atomic E-state index is 15.5. The van der Waals surface area contributed by atoms with Gasteiger partial charge < -0.3 is 4.74 Å². The summed E-state index contributed by atoms with van der Waals surface area (Å²) in [5.74, 6) is -3.77. The standard InChI is InChI=1S/C21H27F5O/c1-3-5-13-10-20(25)9-8-14(16(22)12-21(20,26)11-13)15-6-7-17(27-4-2)19(24)18(15)23/h6-7,13-14,16H,3-5,8-12H2,1-2H3. The summed E-state index contributed by atoms with van der Waals surface area (Å²) in [7, 11) is 0. The van der Waals surface area contributed by atoms with Crippen LogP contribution in [0.4, 0.5) is 22.0 Å². The Morgan fingerprint density at radius 1 is 1.04 bits per heavy atom. The van der Waals surface area contributed by atoms with Crippen LogP contribution in [-0.2, 0) is 0 Å². The minimum Gasteiger partial charge on any atom is -0.491 e. The molecule has 6 heteroatoms. The second kappa shape index (κ2) is 7.59. The molecule has 2 fully saturated rings. The van der Waals surface area contributed by atoms with Crippen molar-refractivity contribution in [1.29, 1.82) is 0 Å². The van der Waals surface area contributed by atoms with E-state index < -0.39 is 41.5 Å². The van der Waals surface area contributed by atoms with Crippen LogP contribution in [0.15, 0.2) is 12.1 Å². The van der Waals surface area contributed by atoms with Crippen LogP contribution in [0.2, 0.25) is 0 Å². The molecule has 2 aliphatic carbocycles. The molecule has 0 saturated heterocycles. The lowest BCUT2D eigenvalue weighted by Crippen LogP contribution is -2.42. The first-order valence-corrected chi connectivity index (χ1v) is 9.87. The quantitative estimate of drug-likeness (QED) is 0.515. The van der Waals surface area contributed by atoms with Crippen LogP contribution in [0.5, 0.6) is 5.75 Å². The monoisotopic (exact) mass is 390 g/mol. The van der Waals surface area contributed by atoms with Gasteiger partial charge in [-0.3, -0.25) is 0 Å². The van der Waals surface area contributed by atoms with Crippen molar-refractivity contribution in [2.45, 2.75) is 82.2 Å². The summed E-state index contributed by atoms with van der Waals surface area (Å²) >= 11 is 0. The highest BCUT2D eigenvalue weighted by molar-refractivity contribution is 5.34. The largest absolute Gasteiger partial charge is 0.491 e. The van der Waals surface area contributed by atoms with E-state index >= 15 is 8.78 Å². The lowest BCUT2D eigenvalue weighted by Gasteiger charge is -2.31. The van der Waals surface area contributed by atoms with Crippen LogP contribution in [0.1, 0.15) is 70.3 Å². The van der Waals surface area contributed by atoms with E-state index in [2.05, 4.69) is 0 Å². The lowest BCUT2D eigenvalue weighted by atomic mass is 9.85. The molecule has 0 aliphatic heterocycles. The summed E-state index contributed by atoms with van der Waals surface area (Å²) in [5.41, 5.74) is -4.49. The normalized spacial score (nSPS) is 36.3. The second-order valence-electron chi connectivity index (χ2n) is 8.07. The smallest absolute Gasteiger partial charge is 0.200 e. The van der Waals surface area contributed by atoms with E-state index in [0.717, 1.165) is 12.8 Å². The average Bonchev–Trinajstić information content (AvgIpc) is 2.79. The van der Waals surface area contributed by atoms with Gasteiger partial charge in [0.25, 0.3) is 0 Å². The molecular weight excluding hydrogens is 363 g/mol. The molecule has 0 N–H and O–H groups in total. The van der Waals surface area contributed by atoms with Crippen LogP contribution in [0, 0.1) is 17.6 Å². The second-order valence-corrected chi connectivity index (χ2v) is 8.07. The summed E-state index contributed by atoms with van der Waals surface area (Å²) in [6.45, 7) is 3.76. The van der Waals surface area contributed by atoms with Gasteiger partial charge in [0.05, 0.1) is 6.61 Å². The molecule has 0 bridgehead atoms. The van der Waals surface area contributed by atoms with Crippen molar-refractivity contribution in [3.8, 4) is 5.75 Å². The van der Waals surface area contributed by atoms with Gasteiger partial charge in [0.15, 0.2) is 11.6 Å². The Morgan fingerprint density at radius 3 is 2.41 bits per heavy atom. The Balaban J connectivity index is 1.87. The van der Waals surface area contributed by atoms with Crippen molar-refractivity contribution in [2.75, 3.05) is 6.61 Å². The first kappa shape index (κ1) is 20.4. The Morgan fingerprint density at radius 2 is 1.74 bits per heavy atom. The summed E-state index contributed by atoms with van der Waals surface area (Å²) < 4.78 is 79.6. The van der Waals surface area contributed by atoms with Crippen molar-refractivity contribution >= 4 is 0 Å². The maximum absolute atomic E-state index is 15.5. The average molecular weight is 390 g/mol. The summed E-state index contributed by atoms with van der Waals surface area (Å²) in [6.07, 6.45) is -0.967. The van der Waals surface area contributed by atoms with Gasteiger partial charge in [0.2, 0.25) is 5.82 Å². The zero-order valence-electron chi connectivity index (χ0n) is 15.8. The van der Waals surface area contributed by atoms with Gasteiger partial charge in [0.1, 0.15) is 17.5 Å². The Kier molecular flexibility index (Phi) is 5.74. The molecule has 0 heterocycles. The van der Waals surface area contributed by atoms with Gasteiger partial charge in [-0.2, -0.15) is 4.39 Å². The number of rotatable bonds is 5. The first-order valence-electron chi connectivity index (χ1n) is 9.87. The third-order valence-electron chi connectivity index (χ3n) is 6.31. The number of hydrogen-bond acceptors (Lipinski definition) is 1. The van der Waals surface area contributed by atoms with E-state index in [-0.39, 0.29) is 49.5 Å². The van der Waals surface area contributed by atoms with E-state index in [1.165, 1.54) is 12.1 Å². The van der Waals surface area contributed by atoms with Gasteiger partial charge in [0, 0.05) is 12.3 Å². The van der Waals surface area contributed by atoms with Crippen LogP contribution < -0.4 is 4.74 Å². The Hall–Kier alpha value is -1.33. The van der Waals surface area contributed by atoms with Crippen molar-refractivity contribution in [3.63, 3.8) is 0 Å². The predicted molar refractivity (Wildman–Crippen MR) is 94.3 cm³/mol. The topological polar surface area (TPSA) is 9.23 Å². The fraction of sp³-hybridized carbons (Fsp3) is 0.714. The van der Waals surface area contributed by atoms with Gasteiger partial charge in [-0.15, -0.1) is 0 Å². The highest BCUT2D eigenvalue weighted by Crippen LogP contribution is 2.58. The van der Waals surface area contributed by atoms with Gasteiger partial charge in [-0.1, -0.05) is 25.8 Å². The number of halogens is 5. The summed E-state index contributed by atoms with van der Waals surface area (Å²) in [5, 5.41) is 0. The molecule has 0 radical (unpaired) electrons. The number of fused-ring (bicyclic) bond motifs is 1. The van der Waals surface area contributed by atoms with Gasteiger partial charge in [-0.25, -0.2) is 17.6 Å². The third-order valence-corrected chi connectivity index (χ3v) is 6.31. The Labute approximate surface area is 157 Å². The van der Waals surface area contributed by atoms with Crippen LogP contribution >= 0.6 is 0 Å². The van der Waals surface area contributed by atoms with Gasteiger partial charge in [-0.05, 0) is 50.2 Å². The molecule has 1 aromatic rings. The number of benzene rings is 1. The van der Waals surface area contributed by atoms with Crippen LogP contribution in [0.3, 0.4) is 0 Å². The molecule has 0 amide bonds. The number of alkyl halides is 3. The zero-order valence-corrected chi connectivity index (χ0v) is 15.8.